The zero-order valence-electron chi connectivity index (χ0n) is 17.7. The van der Waals surface area contributed by atoms with Gasteiger partial charge in [-0.2, -0.15) is 5.06 Å². The number of ether oxygens (including phenoxy) is 1. The van der Waals surface area contributed by atoms with Gasteiger partial charge in [0.05, 0.1) is 0 Å². The first-order valence-electron chi connectivity index (χ1n) is 10.0. The highest BCUT2D eigenvalue weighted by Gasteiger charge is 2.31. The molecule has 182 valence electrons. The molecule has 0 aliphatic rings. The monoisotopic (exact) mass is 469 g/mol. The van der Waals surface area contributed by atoms with Gasteiger partial charge in [0.25, 0.3) is 0 Å². The highest BCUT2D eigenvalue weighted by molar-refractivity contribution is 5.85. The first kappa shape index (κ1) is 27.2. The van der Waals surface area contributed by atoms with Gasteiger partial charge in [0.1, 0.15) is 12.6 Å². The molecule has 0 bridgehead atoms. The normalized spacial score (nSPS) is 12.2. The number of carboxylic acid groups (broad SMARTS) is 3. The second-order valence-corrected chi connectivity index (χ2v) is 6.96. The van der Waals surface area contributed by atoms with Gasteiger partial charge in [-0.3, -0.25) is 10.0 Å². The van der Waals surface area contributed by atoms with Gasteiger partial charge in [0.15, 0.2) is 6.04 Å². The maximum atomic E-state index is 12.0. The number of carbonyl (C=O) groups is 5. The van der Waals surface area contributed by atoms with Crippen molar-refractivity contribution >= 4 is 30.0 Å². The maximum Gasteiger partial charge on any atom is 0.407 e. The van der Waals surface area contributed by atoms with Gasteiger partial charge in [-0.1, -0.05) is 30.3 Å². The van der Waals surface area contributed by atoms with E-state index < -0.39 is 55.0 Å². The number of aliphatic carboxylic acids is 3. The highest BCUT2D eigenvalue weighted by atomic mass is 16.5. The Labute approximate surface area is 188 Å². The van der Waals surface area contributed by atoms with Crippen LogP contribution in [0.4, 0.5) is 9.59 Å². The maximum absolute atomic E-state index is 12.0. The van der Waals surface area contributed by atoms with Crippen LogP contribution in [0.2, 0.25) is 0 Å². The fourth-order valence-corrected chi connectivity index (χ4v) is 2.66. The summed E-state index contributed by atoms with van der Waals surface area (Å²) in [5, 5.41) is 41.1. The number of rotatable bonds is 14. The largest absolute Gasteiger partial charge is 0.481 e. The number of amides is 3. The predicted molar refractivity (Wildman–Crippen MR) is 110 cm³/mol. The summed E-state index contributed by atoms with van der Waals surface area (Å²) < 4.78 is 5.02. The lowest BCUT2D eigenvalue weighted by Crippen LogP contribution is -2.52. The molecule has 0 fully saturated rings. The molecular weight excluding hydrogens is 442 g/mol. The molecule has 13 nitrogen and oxygen atoms in total. The van der Waals surface area contributed by atoms with Crippen molar-refractivity contribution in [3.05, 3.63) is 35.9 Å². The first-order valence-corrected chi connectivity index (χ1v) is 10.0. The second-order valence-electron chi connectivity index (χ2n) is 6.96. The van der Waals surface area contributed by atoms with E-state index in [1.54, 1.807) is 24.3 Å². The molecule has 1 aromatic rings. The number of benzene rings is 1. The van der Waals surface area contributed by atoms with Crippen LogP contribution >= 0.6 is 0 Å². The third-order valence-electron chi connectivity index (χ3n) is 4.42. The van der Waals surface area contributed by atoms with Crippen LogP contribution in [0.1, 0.15) is 37.7 Å². The van der Waals surface area contributed by atoms with Crippen molar-refractivity contribution in [1.82, 2.24) is 15.7 Å². The van der Waals surface area contributed by atoms with Crippen molar-refractivity contribution < 1.29 is 49.2 Å². The molecule has 0 radical (unpaired) electrons. The molecule has 33 heavy (non-hydrogen) atoms. The van der Waals surface area contributed by atoms with Crippen LogP contribution in [0.15, 0.2) is 30.3 Å². The number of nitrogens with zero attached hydrogens (tertiary/aromatic N) is 1. The van der Waals surface area contributed by atoms with E-state index >= 15 is 0 Å². The molecule has 1 rings (SSSR count). The first-order chi connectivity index (χ1) is 15.6. The summed E-state index contributed by atoms with van der Waals surface area (Å²) in [7, 11) is 0. The van der Waals surface area contributed by atoms with Crippen molar-refractivity contribution in [3.63, 3.8) is 0 Å². The molecule has 1 aromatic carbocycles. The van der Waals surface area contributed by atoms with Crippen molar-refractivity contribution in [1.29, 1.82) is 0 Å². The highest BCUT2D eigenvalue weighted by Crippen LogP contribution is 2.09. The van der Waals surface area contributed by atoms with Gasteiger partial charge in [0.2, 0.25) is 0 Å². The average Bonchev–Trinajstić information content (AvgIpc) is 2.77. The summed E-state index contributed by atoms with van der Waals surface area (Å²) in [6.07, 6.45) is -1.33. The quantitative estimate of drug-likeness (QED) is 0.131. The number of hydrogen-bond donors (Lipinski definition) is 6. The van der Waals surface area contributed by atoms with Crippen molar-refractivity contribution in [3.8, 4) is 0 Å². The molecule has 13 heteroatoms. The molecule has 3 amide bonds. The van der Waals surface area contributed by atoms with E-state index in [1.807, 2.05) is 11.4 Å². The number of unbranched alkanes of at least 4 members (excludes halogenated alkanes) is 1. The van der Waals surface area contributed by atoms with Crippen LogP contribution in [0.5, 0.6) is 0 Å². The molecule has 0 heterocycles. The summed E-state index contributed by atoms with van der Waals surface area (Å²) in [4.78, 5) is 56.8. The topological polar surface area (TPSA) is 203 Å². The Bertz CT molecular complexity index is 818. The van der Waals surface area contributed by atoms with Gasteiger partial charge >= 0.3 is 30.0 Å². The van der Waals surface area contributed by atoms with E-state index in [9.17, 15) is 34.3 Å². The standard InChI is InChI=1S/C20H27N3O10/c24-16(25)10-9-14(17(26)27)22-19(30)23(32)15(18(28)29)8-4-5-11-21-20(31)33-12-13-6-2-1-3-7-13/h1-3,6-7,14-15,32H,4-5,8-12H2,(H,21,31)(H,22,30)(H,24,25)(H,26,27)(H,28,29)/t14-,15-/m0/s1. The van der Waals surface area contributed by atoms with Gasteiger partial charge < -0.3 is 30.7 Å². The van der Waals surface area contributed by atoms with E-state index in [2.05, 4.69) is 5.32 Å². The molecule has 6 N–H and O–H groups in total. The Kier molecular flexibility index (Phi) is 11.7. The minimum absolute atomic E-state index is 0.0894. The lowest BCUT2D eigenvalue weighted by atomic mass is 10.1. The Morgan fingerprint density at radius 1 is 0.939 bits per heavy atom. The lowest BCUT2D eigenvalue weighted by molar-refractivity contribution is -0.157. The molecule has 0 spiro atoms. The van der Waals surface area contributed by atoms with Gasteiger partial charge in [-0.05, 0) is 31.2 Å². The van der Waals surface area contributed by atoms with Crippen LogP contribution in [-0.2, 0) is 25.7 Å². The van der Waals surface area contributed by atoms with Crippen LogP contribution < -0.4 is 10.6 Å². The SMILES string of the molecule is O=C(O)CC[C@H](NC(=O)N(O)[C@@H](CCCCNC(=O)OCc1ccccc1)C(=O)O)C(=O)O. The van der Waals surface area contributed by atoms with Gasteiger partial charge in [0, 0.05) is 13.0 Å². The molecule has 2 atom stereocenters. The molecule has 0 unspecified atom stereocenters. The number of alkyl carbamates (subject to hydrolysis) is 1. The number of hydrogen-bond acceptors (Lipinski definition) is 7. The van der Waals surface area contributed by atoms with Gasteiger partial charge in [-0.25, -0.2) is 19.2 Å². The van der Waals surface area contributed by atoms with Gasteiger partial charge in [-0.15, -0.1) is 0 Å². The van der Waals surface area contributed by atoms with E-state index in [4.69, 9.17) is 14.9 Å². The zero-order chi connectivity index (χ0) is 24.8. The molecule has 0 aliphatic carbocycles. The number of carbonyl (C=O) groups excluding carboxylic acids is 2. The summed E-state index contributed by atoms with van der Waals surface area (Å²) in [6, 6.07) is 4.34. The van der Waals surface area contributed by atoms with E-state index in [0.29, 0.717) is 6.42 Å². The summed E-state index contributed by atoms with van der Waals surface area (Å²) >= 11 is 0. The van der Waals surface area contributed by atoms with Crippen molar-refractivity contribution in [2.45, 2.75) is 50.8 Å². The lowest BCUT2D eigenvalue weighted by Gasteiger charge is -2.24. The molecular formula is C20H27N3O10. The van der Waals surface area contributed by atoms with Crippen molar-refractivity contribution in [2.75, 3.05) is 6.54 Å². The van der Waals surface area contributed by atoms with E-state index in [0.717, 1.165) is 5.56 Å². The predicted octanol–water partition coefficient (Wildman–Crippen LogP) is 1.26. The van der Waals surface area contributed by atoms with Crippen LogP contribution in [0.25, 0.3) is 0 Å². The Morgan fingerprint density at radius 3 is 2.18 bits per heavy atom. The van der Waals surface area contributed by atoms with E-state index in [-0.39, 0.29) is 31.1 Å². The minimum atomic E-state index is -1.68. The Hall–Kier alpha value is -3.87. The average molecular weight is 469 g/mol. The fourth-order valence-electron chi connectivity index (χ4n) is 2.66. The molecule has 0 aromatic heterocycles. The Balaban J connectivity index is 2.41. The second kappa shape index (κ2) is 14.2. The third-order valence-corrected chi connectivity index (χ3v) is 4.42. The minimum Gasteiger partial charge on any atom is -0.481 e. The summed E-state index contributed by atoms with van der Waals surface area (Å²) in [5.41, 5.74) is 0.811. The van der Waals surface area contributed by atoms with Crippen LogP contribution in [0.3, 0.4) is 0 Å². The van der Waals surface area contributed by atoms with Crippen LogP contribution in [-0.4, -0.2) is 74.3 Å². The third kappa shape index (κ3) is 10.8. The number of hydroxylamine groups is 2. The summed E-state index contributed by atoms with van der Waals surface area (Å²) in [6.45, 7) is 0.250. The molecule has 0 saturated carbocycles. The fraction of sp³-hybridized carbons (Fsp3) is 0.450. The summed E-state index contributed by atoms with van der Waals surface area (Å²) in [5.74, 6) is -4.34. The van der Waals surface area contributed by atoms with E-state index in [1.165, 1.54) is 0 Å². The number of urea groups is 1. The smallest absolute Gasteiger partial charge is 0.407 e. The number of carboxylic acids is 3. The zero-order valence-corrected chi connectivity index (χ0v) is 17.7. The van der Waals surface area contributed by atoms with Crippen molar-refractivity contribution in [2.24, 2.45) is 0 Å². The Morgan fingerprint density at radius 2 is 1.61 bits per heavy atom. The number of nitrogens with one attached hydrogen (secondary N) is 2. The van der Waals surface area contributed by atoms with Crippen LogP contribution in [0, 0.1) is 0 Å². The molecule has 0 aliphatic heterocycles. The molecule has 0 saturated heterocycles.